The molecule has 0 unspecified atom stereocenters. The molecule has 0 amide bonds. The summed E-state index contributed by atoms with van der Waals surface area (Å²) < 4.78 is 41.2. The largest absolute Gasteiger partial charge is 0.573 e. The molecule has 8 heteroatoms. The molecule has 1 aromatic carbocycles. The van der Waals surface area contributed by atoms with Crippen molar-refractivity contribution in [1.29, 1.82) is 0 Å². The summed E-state index contributed by atoms with van der Waals surface area (Å²) >= 11 is 6.04. The van der Waals surface area contributed by atoms with Gasteiger partial charge in [-0.1, -0.05) is 11.6 Å². The van der Waals surface area contributed by atoms with E-state index in [0.29, 0.717) is 16.9 Å². The summed E-state index contributed by atoms with van der Waals surface area (Å²) in [5.74, 6) is -0.330. The van der Waals surface area contributed by atoms with E-state index in [9.17, 15) is 13.2 Å². The molecule has 0 radical (unpaired) electrons. The first-order chi connectivity index (χ1) is 9.31. The van der Waals surface area contributed by atoms with Crippen LogP contribution < -0.4 is 4.74 Å². The number of aliphatic hydroxyl groups is 1. The van der Waals surface area contributed by atoms with Gasteiger partial charge in [0.25, 0.3) is 0 Å². The van der Waals surface area contributed by atoms with Crippen LogP contribution in [-0.2, 0) is 6.61 Å². The van der Waals surface area contributed by atoms with Crippen LogP contribution in [0.25, 0.3) is 5.69 Å². The first-order valence-electron chi connectivity index (χ1n) is 5.53. The van der Waals surface area contributed by atoms with Crippen molar-refractivity contribution in [2.75, 3.05) is 0 Å². The highest BCUT2D eigenvalue weighted by Gasteiger charge is 2.31. The molecule has 0 fully saturated rings. The molecule has 4 nitrogen and oxygen atoms in total. The van der Waals surface area contributed by atoms with Crippen LogP contribution in [0.2, 0.25) is 5.15 Å². The van der Waals surface area contributed by atoms with E-state index >= 15 is 0 Å². The summed E-state index contributed by atoms with van der Waals surface area (Å²) in [5.41, 5.74) is 1.49. The maximum absolute atomic E-state index is 12.0. The van der Waals surface area contributed by atoms with Crippen molar-refractivity contribution in [3.63, 3.8) is 0 Å². The standard InChI is InChI=1S/C12H10ClF3N2O2/c1-7-10(6-19)11(13)18(17-7)8-2-4-9(5-3-8)20-12(14,15)16/h2-5,19H,6H2,1H3. The molecule has 0 spiro atoms. The quantitative estimate of drug-likeness (QED) is 0.947. The van der Waals surface area contributed by atoms with Gasteiger partial charge >= 0.3 is 6.36 Å². The van der Waals surface area contributed by atoms with Crippen molar-refractivity contribution in [3.8, 4) is 11.4 Å². The van der Waals surface area contributed by atoms with Crippen molar-refractivity contribution >= 4 is 11.6 Å². The molecular weight excluding hydrogens is 297 g/mol. The average molecular weight is 307 g/mol. The number of benzene rings is 1. The maximum Gasteiger partial charge on any atom is 0.573 e. The normalized spacial score (nSPS) is 11.7. The minimum atomic E-state index is -4.73. The Bertz CT molecular complexity index is 608. The van der Waals surface area contributed by atoms with E-state index in [-0.39, 0.29) is 17.5 Å². The zero-order valence-corrected chi connectivity index (χ0v) is 11.0. The molecule has 0 aliphatic rings. The van der Waals surface area contributed by atoms with E-state index in [1.54, 1.807) is 6.92 Å². The lowest BCUT2D eigenvalue weighted by molar-refractivity contribution is -0.274. The summed E-state index contributed by atoms with van der Waals surface area (Å²) in [5, 5.41) is 13.5. The average Bonchev–Trinajstić information content (AvgIpc) is 2.63. The Balaban J connectivity index is 2.31. The van der Waals surface area contributed by atoms with E-state index in [4.69, 9.17) is 16.7 Å². The van der Waals surface area contributed by atoms with E-state index in [1.807, 2.05) is 0 Å². The first-order valence-corrected chi connectivity index (χ1v) is 5.90. The van der Waals surface area contributed by atoms with Gasteiger partial charge in [-0.15, -0.1) is 13.2 Å². The number of rotatable bonds is 3. The maximum atomic E-state index is 12.0. The summed E-state index contributed by atoms with van der Waals surface area (Å²) in [7, 11) is 0. The van der Waals surface area contributed by atoms with Crippen molar-refractivity contribution < 1.29 is 23.0 Å². The Kier molecular flexibility index (Phi) is 3.92. The Labute approximate surface area is 117 Å². The molecule has 0 saturated carbocycles. The third-order valence-electron chi connectivity index (χ3n) is 2.59. The van der Waals surface area contributed by atoms with E-state index < -0.39 is 6.36 Å². The van der Waals surface area contributed by atoms with Gasteiger partial charge in [-0.25, -0.2) is 4.68 Å². The van der Waals surface area contributed by atoms with Crippen molar-refractivity contribution in [2.24, 2.45) is 0 Å². The third kappa shape index (κ3) is 3.05. The molecule has 1 heterocycles. The van der Waals surface area contributed by atoms with Crippen molar-refractivity contribution in [3.05, 3.63) is 40.7 Å². The monoisotopic (exact) mass is 306 g/mol. The molecule has 0 aliphatic carbocycles. The van der Waals surface area contributed by atoms with Gasteiger partial charge in [0.15, 0.2) is 0 Å². The number of hydrogen-bond donors (Lipinski definition) is 1. The lowest BCUT2D eigenvalue weighted by Crippen LogP contribution is -2.17. The number of aromatic nitrogens is 2. The molecule has 0 bridgehead atoms. The van der Waals surface area contributed by atoms with Crippen LogP contribution in [0.1, 0.15) is 11.3 Å². The van der Waals surface area contributed by atoms with Gasteiger partial charge in [0.05, 0.1) is 18.0 Å². The number of alkyl halides is 3. The van der Waals surface area contributed by atoms with Gasteiger partial charge in [0.2, 0.25) is 0 Å². The molecule has 1 aromatic heterocycles. The Morgan fingerprint density at radius 2 is 1.90 bits per heavy atom. The second kappa shape index (κ2) is 5.34. The highest BCUT2D eigenvalue weighted by atomic mass is 35.5. The van der Waals surface area contributed by atoms with Crippen molar-refractivity contribution in [2.45, 2.75) is 19.9 Å². The number of hydrogen-bond acceptors (Lipinski definition) is 3. The fourth-order valence-corrected chi connectivity index (χ4v) is 2.00. The van der Waals surface area contributed by atoms with Gasteiger partial charge in [-0.05, 0) is 31.2 Å². The minimum absolute atomic E-state index is 0.217. The molecule has 20 heavy (non-hydrogen) atoms. The summed E-state index contributed by atoms with van der Waals surface area (Å²) in [6, 6.07) is 5.10. The van der Waals surface area contributed by atoms with Gasteiger partial charge < -0.3 is 9.84 Å². The molecule has 1 N–H and O–H groups in total. The lowest BCUT2D eigenvalue weighted by atomic mass is 10.3. The van der Waals surface area contributed by atoms with E-state index in [0.717, 1.165) is 12.1 Å². The van der Waals surface area contributed by atoms with Gasteiger partial charge in [-0.2, -0.15) is 5.10 Å². The lowest BCUT2D eigenvalue weighted by Gasteiger charge is -2.09. The minimum Gasteiger partial charge on any atom is -0.406 e. The smallest absolute Gasteiger partial charge is 0.406 e. The molecular formula is C12H10ClF3N2O2. The van der Waals surface area contributed by atoms with E-state index in [2.05, 4.69) is 9.84 Å². The SMILES string of the molecule is Cc1nn(-c2ccc(OC(F)(F)F)cc2)c(Cl)c1CO. The van der Waals surface area contributed by atoms with Crippen LogP contribution >= 0.6 is 11.6 Å². The number of nitrogens with zero attached hydrogens (tertiary/aromatic N) is 2. The second-order valence-corrected chi connectivity index (χ2v) is 4.32. The van der Waals surface area contributed by atoms with Crippen LogP contribution in [-0.4, -0.2) is 21.2 Å². The number of halogens is 4. The van der Waals surface area contributed by atoms with Crippen LogP contribution in [0, 0.1) is 6.92 Å². The van der Waals surface area contributed by atoms with Crippen LogP contribution in [0.3, 0.4) is 0 Å². The number of ether oxygens (including phenoxy) is 1. The fraction of sp³-hybridized carbons (Fsp3) is 0.250. The molecule has 0 atom stereocenters. The Morgan fingerprint density at radius 3 is 2.35 bits per heavy atom. The van der Waals surface area contributed by atoms with Gasteiger partial charge in [0.1, 0.15) is 10.9 Å². The van der Waals surface area contributed by atoms with Crippen LogP contribution in [0.15, 0.2) is 24.3 Å². The summed E-state index contributed by atoms with van der Waals surface area (Å²) in [4.78, 5) is 0. The first kappa shape index (κ1) is 14.7. The molecule has 108 valence electrons. The van der Waals surface area contributed by atoms with Crippen LogP contribution in [0.4, 0.5) is 13.2 Å². The molecule has 0 aliphatic heterocycles. The molecule has 2 aromatic rings. The van der Waals surface area contributed by atoms with Gasteiger partial charge in [0, 0.05) is 5.56 Å². The Morgan fingerprint density at radius 1 is 1.30 bits per heavy atom. The van der Waals surface area contributed by atoms with E-state index in [1.165, 1.54) is 16.8 Å². The highest BCUT2D eigenvalue weighted by Crippen LogP contribution is 2.26. The summed E-state index contributed by atoms with van der Waals surface area (Å²) in [6.07, 6.45) is -4.73. The van der Waals surface area contributed by atoms with Crippen LogP contribution in [0.5, 0.6) is 5.75 Å². The molecule has 2 rings (SSSR count). The number of aliphatic hydroxyl groups excluding tert-OH is 1. The predicted octanol–water partition coefficient (Wildman–Crippen LogP) is 3.23. The highest BCUT2D eigenvalue weighted by molar-refractivity contribution is 6.30. The summed E-state index contributed by atoms with van der Waals surface area (Å²) in [6.45, 7) is 1.41. The molecule has 0 saturated heterocycles. The predicted molar refractivity (Wildman–Crippen MR) is 65.9 cm³/mol. The number of aryl methyl sites for hydroxylation is 1. The van der Waals surface area contributed by atoms with Crippen molar-refractivity contribution in [1.82, 2.24) is 9.78 Å². The van der Waals surface area contributed by atoms with Gasteiger partial charge in [-0.3, -0.25) is 0 Å². The fourth-order valence-electron chi connectivity index (χ4n) is 1.67. The second-order valence-electron chi connectivity index (χ2n) is 3.97. The zero-order valence-electron chi connectivity index (χ0n) is 10.3. The Hall–Kier alpha value is -1.73. The topological polar surface area (TPSA) is 47.3 Å². The zero-order chi connectivity index (χ0) is 14.9. The third-order valence-corrected chi connectivity index (χ3v) is 2.98.